The van der Waals surface area contributed by atoms with Gasteiger partial charge < -0.3 is 14.7 Å². The zero-order valence-electron chi connectivity index (χ0n) is 9.49. The number of alkyl halides is 1. The van der Waals surface area contributed by atoms with Crippen LogP contribution in [0.2, 0.25) is 0 Å². The molecule has 1 fully saturated rings. The maximum Gasteiger partial charge on any atom is 0.0602 e. The summed E-state index contributed by atoms with van der Waals surface area (Å²) in [7, 11) is 0. The highest BCUT2D eigenvalue weighted by Crippen LogP contribution is 2.19. The van der Waals surface area contributed by atoms with Crippen molar-refractivity contribution in [2.75, 3.05) is 38.7 Å². The van der Waals surface area contributed by atoms with Crippen LogP contribution in [-0.2, 0) is 4.74 Å². The predicted octanol–water partition coefficient (Wildman–Crippen LogP) is 1.33. The molecule has 1 unspecified atom stereocenters. The van der Waals surface area contributed by atoms with Crippen molar-refractivity contribution < 1.29 is 9.84 Å². The van der Waals surface area contributed by atoms with Gasteiger partial charge in [-0.1, -0.05) is 0 Å². The standard InChI is InChI=1S/C11H22ClNO2/c1-10(14)11-2-5-13(6-3-11)7-9-15-8-4-12/h10-11,14H,2-9H2,1H3. The van der Waals surface area contributed by atoms with Crippen LogP contribution in [0.15, 0.2) is 0 Å². The third-order valence-electron chi connectivity index (χ3n) is 3.09. The third-order valence-corrected chi connectivity index (χ3v) is 3.24. The van der Waals surface area contributed by atoms with Crippen molar-refractivity contribution in [2.45, 2.75) is 25.9 Å². The molecule has 1 atom stereocenters. The molecule has 15 heavy (non-hydrogen) atoms. The Morgan fingerprint density at radius 2 is 2.07 bits per heavy atom. The molecule has 0 aliphatic carbocycles. The lowest BCUT2D eigenvalue weighted by atomic mass is 9.92. The first-order valence-corrected chi connectivity index (χ1v) is 6.31. The fraction of sp³-hybridized carbons (Fsp3) is 1.00. The Morgan fingerprint density at radius 1 is 1.40 bits per heavy atom. The van der Waals surface area contributed by atoms with E-state index < -0.39 is 0 Å². The largest absolute Gasteiger partial charge is 0.393 e. The normalized spacial score (nSPS) is 21.8. The second kappa shape index (κ2) is 7.44. The van der Waals surface area contributed by atoms with Gasteiger partial charge in [0, 0.05) is 12.4 Å². The van der Waals surface area contributed by atoms with Crippen molar-refractivity contribution >= 4 is 11.6 Å². The van der Waals surface area contributed by atoms with Gasteiger partial charge in [0.15, 0.2) is 0 Å². The highest BCUT2D eigenvalue weighted by Gasteiger charge is 2.21. The summed E-state index contributed by atoms with van der Waals surface area (Å²) < 4.78 is 5.34. The van der Waals surface area contributed by atoms with Crippen LogP contribution in [0, 0.1) is 5.92 Å². The fourth-order valence-corrected chi connectivity index (χ4v) is 2.12. The van der Waals surface area contributed by atoms with Crippen molar-refractivity contribution in [1.29, 1.82) is 0 Å². The summed E-state index contributed by atoms with van der Waals surface area (Å²) in [6.07, 6.45) is 2.06. The molecular formula is C11H22ClNO2. The summed E-state index contributed by atoms with van der Waals surface area (Å²) >= 11 is 5.51. The Bertz CT molecular complexity index is 159. The van der Waals surface area contributed by atoms with E-state index in [2.05, 4.69) is 4.90 Å². The topological polar surface area (TPSA) is 32.7 Å². The molecule has 1 aliphatic rings. The minimum absolute atomic E-state index is 0.153. The smallest absolute Gasteiger partial charge is 0.0602 e. The van der Waals surface area contributed by atoms with Crippen LogP contribution in [0.3, 0.4) is 0 Å². The third kappa shape index (κ3) is 5.16. The van der Waals surface area contributed by atoms with E-state index in [1.807, 2.05) is 6.92 Å². The average Bonchev–Trinajstić information content (AvgIpc) is 2.25. The first-order valence-electron chi connectivity index (χ1n) is 5.78. The van der Waals surface area contributed by atoms with Crippen LogP contribution in [0.1, 0.15) is 19.8 Å². The van der Waals surface area contributed by atoms with E-state index in [9.17, 15) is 5.11 Å². The average molecular weight is 236 g/mol. The first-order chi connectivity index (χ1) is 7.24. The lowest BCUT2D eigenvalue weighted by Crippen LogP contribution is -2.38. The first kappa shape index (κ1) is 13.2. The molecule has 0 aromatic heterocycles. The van der Waals surface area contributed by atoms with Crippen molar-refractivity contribution in [3.63, 3.8) is 0 Å². The van der Waals surface area contributed by atoms with E-state index in [4.69, 9.17) is 16.3 Å². The van der Waals surface area contributed by atoms with Gasteiger partial charge in [0.05, 0.1) is 19.3 Å². The number of ether oxygens (including phenoxy) is 1. The molecule has 4 heteroatoms. The predicted molar refractivity (Wildman–Crippen MR) is 62.4 cm³/mol. The van der Waals surface area contributed by atoms with Crippen molar-refractivity contribution in [3.05, 3.63) is 0 Å². The Labute approximate surface area is 97.4 Å². The highest BCUT2D eigenvalue weighted by molar-refractivity contribution is 6.17. The molecule has 0 amide bonds. The Kier molecular flexibility index (Phi) is 6.57. The minimum atomic E-state index is -0.153. The molecule has 1 aliphatic heterocycles. The van der Waals surface area contributed by atoms with E-state index in [0.717, 1.165) is 39.1 Å². The number of piperidine rings is 1. The summed E-state index contributed by atoms with van der Waals surface area (Å²) in [5, 5.41) is 9.45. The number of nitrogens with zero attached hydrogens (tertiary/aromatic N) is 1. The Morgan fingerprint density at radius 3 is 2.60 bits per heavy atom. The van der Waals surface area contributed by atoms with E-state index in [1.54, 1.807) is 0 Å². The molecule has 1 N–H and O–H groups in total. The molecule has 0 spiro atoms. The van der Waals surface area contributed by atoms with Crippen LogP contribution in [0.4, 0.5) is 0 Å². The molecule has 1 heterocycles. The lowest BCUT2D eigenvalue weighted by molar-refractivity contribution is 0.0553. The molecule has 1 saturated heterocycles. The van der Waals surface area contributed by atoms with E-state index in [-0.39, 0.29) is 6.10 Å². The quantitative estimate of drug-likeness (QED) is 0.557. The zero-order valence-corrected chi connectivity index (χ0v) is 10.2. The molecule has 0 aromatic rings. The summed E-state index contributed by atoms with van der Waals surface area (Å²) in [4.78, 5) is 2.40. The summed E-state index contributed by atoms with van der Waals surface area (Å²) in [6, 6.07) is 0. The van der Waals surface area contributed by atoms with Crippen molar-refractivity contribution in [3.8, 4) is 0 Å². The number of halogens is 1. The van der Waals surface area contributed by atoms with Gasteiger partial charge in [-0.2, -0.15) is 0 Å². The second-order valence-electron chi connectivity index (χ2n) is 4.22. The highest BCUT2D eigenvalue weighted by atomic mass is 35.5. The second-order valence-corrected chi connectivity index (χ2v) is 4.60. The molecule has 0 saturated carbocycles. The Balaban J connectivity index is 2.04. The molecular weight excluding hydrogens is 214 g/mol. The van der Waals surface area contributed by atoms with Crippen LogP contribution < -0.4 is 0 Å². The molecule has 0 bridgehead atoms. The van der Waals surface area contributed by atoms with Gasteiger partial charge in [-0.3, -0.25) is 0 Å². The molecule has 1 rings (SSSR count). The van der Waals surface area contributed by atoms with Gasteiger partial charge in [0.2, 0.25) is 0 Å². The van der Waals surface area contributed by atoms with E-state index in [1.165, 1.54) is 0 Å². The van der Waals surface area contributed by atoms with Gasteiger partial charge in [0.25, 0.3) is 0 Å². The number of hydrogen-bond donors (Lipinski definition) is 1. The lowest BCUT2D eigenvalue weighted by Gasteiger charge is -2.33. The maximum atomic E-state index is 9.45. The van der Waals surface area contributed by atoms with Gasteiger partial charge in [-0.25, -0.2) is 0 Å². The number of rotatable bonds is 6. The van der Waals surface area contributed by atoms with E-state index in [0.29, 0.717) is 18.4 Å². The van der Waals surface area contributed by atoms with Gasteiger partial charge >= 0.3 is 0 Å². The molecule has 0 aromatic carbocycles. The molecule has 0 radical (unpaired) electrons. The number of hydrogen-bond acceptors (Lipinski definition) is 3. The van der Waals surface area contributed by atoms with Crippen LogP contribution in [-0.4, -0.2) is 54.8 Å². The Hall–Kier alpha value is 0.170. The van der Waals surface area contributed by atoms with Crippen molar-refractivity contribution in [2.24, 2.45) is 5.92 Å². The van der Waals surface area contributed by atoms with Crippen LogP contribution >= 0.6 is 11.6 Å². The van der Waals surface area contributed by atoms with Crippen molar-refractivity contribution in [1.82, 2.24) is 4.90 Å². The fourth-order valence-electron chi connectivity index (χ4n) is 2.01. The monoisotopic (exact) mass is 235 g/mol. The van der Waals surface area contributed by atoms with E-state index >= 15 is 0 Å². The van der Waals surface area contributed by atoms with Gasteiger partial charge in [-0.15, -0.1) is 11.6 Å². The zero-order chi connectivity index (χ0) is 11.1. The van der Waals surface area contributed by atoms with Crippen LogP contribution in [0.5, 0.6) is 0 Å². The summed E-state index contributed by atoms with van der Waals surface area (Å²) in [6.45, 7) is 6.46. The van der Waals surface area contributed by atoms with Crippen LogP contribution in [0.25, 0.3) is 0 Å². The van der Waals surface area contributed by atoms with Gasteiger partial charge in [0.1, 0.15) is 0 Å². The summed E-state index contributed by atoms with van der Waals surface area (Å²) in [5.41, 5.74) is 0. The number of likely N-dealkylation sites (tertiary alicyclic amines) is 1. The maximum absolute atomic E-state index is 9.45. The molecule has 3 nitrogen and oxygen atoms in total. The number of aliphatic hydroxyl groups is 1. The summed E-state index contributed by atoms with van der Waals surface area (Å²) in [5.74, 6) is 1.06. The minimum Gasteiger partial charge on any atom is -0.393 e. The number of aliphatic hydroxyl groups excluding tert-OH is 1. The molecule has 90 valence electrons. The van der Waals surface area contributed by atoms with Gasteiger partial charge in [-0.05, 0) is 38.8 Å². The SMILES string of the molecule is CC(O)C1CCN(CCOCCCl)CC1.